The second-order valence-corrected chi connectivity index (χ2v) is 6.56. The fraction of sp³-hybridized carbons (Fsp3) is 0.0833. The zero-order valence-electron chi connectivity index (χ0n) is 17.1. The fourth-order valence-electron chi connectivity index (χ4n) is 2.94. The Bertz CT molecular complexity index is 1200. The van der Waals surface area contributed by atoms with Gasteiger partial charge in [-0.25, -0.2) is 0 Å². The van der Waals surface area contributed by atoms with Gasteiger partial charge in [0.05, 0.1) is 23.7 Å². The van der Waals surface area contributed by atoms with Crippen LogP contribution in [0.15, 0.2) is 72.8 Å². The SMILES string of the molecule is COc1cccc(/C=C(/C#N)c2cccc([N+](=O)[O-])c2)c1OCC(=O)Nc1ccccc1. The van der Waals surface area contributed by atoms with E-state index in [0.29, 0.717) is 22.6 Å². The molecule has 0 fully saturated rings. The van der Waals surface area contributed by atoms with Crippen molar-refractivity contribution in [2.75, 3.05) is 19.0 Å². The number of carbonyl (C=O) groups is 1. The molecule has 3 aromatic rings. The Morgan fingerprint density at radius 3 is 2.56 bits per heavy atom. The van der Waals surface area contributed by atoms with E-state index in [9.17, 15) is 20.2 Å². The number of nitrogens with one attached hydrogen (secondary N) is 1. The number of nitrogens with zero attached hydrogens (tertiary/aromatic N) is 2. The number of nitro groups is 1. The number of hydrogen-bond donors (Lipinski definition) is 1. The first-order chi connectivity index (χ1) is 15.5. The van der Waals surface area contributed by atoms with Gasteiger partial charge in [0.2, 0.25) is 0 Å². The quantitative estimate of drug-likeness (QED) is 0.241. The topological polar surface area (TPSA) is 114 Å². The van der Waals surface area contributed by atoms with Crippen LogP contribution in [0.1, 0.15) is 11.1 Å². The number of carbonyl (C=O) groups excluding carboxylic acids is 1. The number of hydrogen-bond acceptors (Lipinski definition) is 6. The Hall–Kier alpha value is -4.64. The highest BCUT2D eigenvalue weighted by atomic mass is 16.6. The van der Waals surface area contributed by atoms with Crippen LogP contribution >= 0.6 is 0 Å². The highest BCUT2D eigenvalue weighted by Gasteiger charge is 2.14. The average Bonchev–Trinajstić information content (AvgIpc) is 2.82. The number of anilines is 1. The minimum atomic E-state index is -0.524. The summed E-state index contributed by atoms with van der Waals surface area (Å²) in [5.74, 6) is 0.287. The van der Waals surface area contributed by atoms with Crippen LogP contribution in [-0.2, 0) is 4.79 Å². The molecule has 8 nitrogen and oxygen atoms in total. The highest BCUT2D eigenvalue weighted by Crippen LogP contribution is 2.34. The number of nitro benzene ring substituents is 1. The molecule has 3 aromatic carbocycles. The Morgan fingerprint density at radius 2 is 1.88 bits per heavy atom. The third-order valence-electron chi connectivity index (χ3n) is 4.42. The smallest absolute Gasteiger partial charge is 0.270 e. The summed E-state index contributed by atoms with van der Waals surface area (Å²) in [6.45, 7) is -0.283. The van der Waals surface area contributed by atoms with Crippen molar-refractivity contribution < 1.29 is 19.2 Å². The van der Waals surface area contributed by atoms with E-state index < -0.39 is 4.92 Å². The lowest BCUT2D eigenvalue weighted by Gasteiger charge is -2.14. The first kappa shape index (κ1) is 22.1. The predicted octanol–water partition coefficient (Wildman–Crippen LogP) is 4.69. The lowest BCUT2D eigenvalue weighted by atomic mass is 10.0. The van der Waals surface area contributed by atoms with Crippen LogP contribution in [0.2, 0.25) is 0 Å². The number of para-hydroxylation sites is 2. The van der Waals surface area contributed by atoms with E-state index in [4.69, 9.17) is 9.47 Å². The molecule has 3 rings (SSSR count). The molecule has 1 N–H and O–H groups in total. The number of benzene rings is 3. The monoisotopic (exact) mass is 429 g/mol. The van der Waals surface area contributed by atoms with Crippen molar-refractivity contribution in [3.63, 3.8) is 0 Å². The summed E-state index contributed by atoms with van der Waals surface area (Å²) in [7, 11) is 1.46. The summed E-state index contributed by atoms with van der Waals surface area (Å²) < 4.78 is 11.1. The molecule has 0 aromatic heterocycles. The zero-order valence-corrected chi connectivity index (χ0v) is 17.1. The number of ether oxygens (including phenoxy) is 2. The van der Waals surface area contributed by atoms with Crippen molar-refractivity contribution in [2.24, 2.45) is 0 Å². The maximum atomic E-state index is 12.3. The number of methoxy groups -OCH3 is 1. The Kier molecular flexibility index (Phi) is 7.17. The third-order valence-corrected chi connectivity index (χ3v) is 4.42. The van der Waals surface area contributed by atoms with Gasteiger partial charge in [0.25, 0.3) is 11.6 Å². The zero-order chi connectivity index (χ0) is 22.9. The average molecular weight is 429 g/mol. The highest BCUT2D eigenvalue weighted by molar-refractivity contribution is 5.93. The molecule has 0 spiro atoms. The van der Waals surface area contributed by atoms with Gasteiger partial charge in [-0.3, -0.25) is 14.9 Å². The molecule has 0 heterocycles. The summed E-state index contributed by atoms with van der Waals surface area (Å²) in [5.41, 5.74) is 1.58. The number of rotatable bonds is 8. The largest absolute Gasteiger partial charge is 0.493 e. The fourth-order valence-corrected chi connectivity index (χ4v) is 2.94. The van der Waals surface area contributed by atoms with Crippen molar-refractivity contribution in [3.8, 4) is 17.6 Å². The number of amides is 1. The normalized spacial score (nSPS) is 10.7. The van der Waals surface area contributed by atoms with E-state index in [2.05, 4.69) is 11.4 Å². The van der Waals surface area contributed by atoms with Crippen LogP contribution in [0, 0.1) is 21.4 Å². The summed E-state index contributed by atoms with van der Waals surface area (Å²) in [5, 5.41) is 23.4. The van der Waals surface area contributed by atoms with Crippen molar-refractivity contribution in [2.45, 2.75) is 0 Å². The van der Waals surface area contributed by atoms with Crippen LogP contribution in [0.25, 0.3) is 11.6 Å². The Morgan fingerprint density at radius 1 is 1.12 bits per heavy atom. The molecule has 0 atom stereocenters. The van der Waals surface area contributed by atoms with E-state index in [-0.39, 0.29) is 29.5 Å². The van der Waals surface area contributed by atoms with Crippen LogP contribution in [0.5, 0.6) is 11.5 Å². The van der Waals surface area contributed by atoms with E-state index in [1.807, 2.05) is 6.07 Å². The van der Waals surface area contributed by atoms with Gasteiger partial charge in [-0.1, -0.05) is 42.5 Å². The minimum Gasteiger partial charge on any atom is -0.493 e. The van der Waals surface area contributed by atoms with Crippen LogP contribution < -0.4 is 14.8 Å². The molecule has 0 aliphatic carbocycles. The molecule has 0 saturated heterocycles. The summed E-state index contributed by atoms with van der Waals surface area (Å²) in [4.78, 5) is 22.8. The molecule has 0 unspecified atom stereocenters. The molecule has 160 valence electrons. The second-order valence-electron chi connectivity index (χ2n) is 6.56. The number of non-ortho nitro benzene ring substituents is 1. The van der Waals surface area contributed by atoms with E-state index in [0.717, 1.165) is 0 Å². The molecule has 0 aliphatic rings. The molecule has 1 amide bonds. The molecule has 32 heavy (non-hydrogen) atoms. The van der Waals surface area contributed by atoms with E-state index in [1.165, 1.54) is 31.4 Å². The standard InChI is InChI=1S/C24H19N3O5/c1-31-22-12-6-8-18(13-19(15-25)17-7-5-11-21(14-17)27(29)30)24(22)32-16-23(28)26-20-9-3-2-4-10-20/h2-14H,16H2,1H3,(H,26,28)/b19-13-. The van der Waals surface area contributed by atoms with Gasteiger partial charge in [-0.15, -0.1) is 0 Å². The molecular formula is C24H19N3O5. The predicted molar refractivity (Wildman–Crippen MR) is 120 cm³/mol. The summed E-state index contributed by atoms with van der Waals surface area (Å²) in [6, 6.07) is 21.9. The molecule has 0 aliphatic heterocycles. The van der Waals surface area contributed by atoms with Crippen molar-refractivity contribution in [3.05, 3.63) is 94.0 Å². The molecule has 8 heteroatoms. The van der Waals surface area contributed by atoms with Gasteiger partial charge >= 0.3 is 0 Å². The Labute approximate surface area is 184 Å². The van der Waals surface area contributed by atoms with Crippen LogP contribution in [-0.4, -0.2) is 24.5 Å². The van der Waals surface area contributed by atoms with Crippen molar-refractivity contribution in [1.29, 1.82) is 5.26 Å². The van der Waals surface area contributed by atoms with Gasteiger partial charge in [0.15, 0.2) is 18.1 Å². The Balaban J connectivity index is 1.88. The van der Waals surface area contributed by atoms with Gasteiger partial charge in [-0.05, 0) is 29.8 Å². The van der Waals surface area contributed by atoms with Gasteiger partial charge in [0, 0.05) is 23.4 Å². The number of allylic oxidation sites excluding steroid dienone is 1. The lowest BCUT2D eigenvalue weighted by Crippen LogP contribution is -2.20. The molecule has 0 bridgehead atoms. The van der Waals surface area contributed by atoms with Gasteiger partial charge in [0.1, 0.15) is 0 Å². The first-order valence-corrected chi connectivity index (χ1v) is 9.53. The number of nitriles is 1. The van der Waals surface area contributed by atoms with Crippen molar-refractivity contribution in [1.82, 2.24) is 0 Å². The van der Waals surface area contributed by atoms with Crippen LogP contribution in [0.4, 0.5) is 11.4 Å². The summed E-state index contributed by atoms with van der Waals surface area (Å²) >= 11 is 0. The molecular weight excluding hydrogens is 410 g/mol. The summed E-state index contributed by atoms with van der Waals surface area (Å²) in [6.07, 6.45) is 1.53. The van der Waals surface area contributed by atoms with Crippen LogP contribution in [0.3, 0.4) is 0 Å². The minimum absolute atomic E-state index is 0.122. The maximum absolute atomic E-state index is 12.3. The second kappa shape index (κ2) is 10.4. The molecule has 0 saturated carbocycles. The lowest BCUT2D eigenvalue weighted by molar-refractivity contribution is -0.384. The van der Waals surface area contributed by atoms with Crippen molar-refractivity contribution >= 4 is 28.9 Å². The van der Waals surface area contributed by atoms with E-state index >= 15 is 0 Å². The van der Waals surface area contributed by atoms with E-state index in [1.54, 1.807) is 48.5 Å². The third kappa shape index (κ3) is 5.49. The first-order valence-electron chi connectivity index (χ1n) is 9.53. The maximum Gasteiger partial charge on any atom is 0.270 e. The molecule has 0 radical (unpaired) electrons. The van der Waals surface area contributed by atoms with Gasteiger partial charge in [-0.2, -0.15) is 5.26 Å². The van der Waals surface area contributed by atoms with Gasteiger partial charge < -0.3 is 14.8 Å².